The molecule has 3 aromatic heterocycles. The summed E-state index contributed by atoms with van der Waals surface area (Å²) in [6, 6.07) is 10.5. The zero-order valence-corrected chi connectivity index (χ0v) is 23.4. The van der Waals surface area contributed by atoms with Gasteiger partial charge in [-0.15, -0.1) is 0 Å². The molecule has 210 valence electrons. The molecule has 12 nitrogen and oxygen atoms in total. The molecule has 40 heavy (non-hydrogen) atoms. The highest BCUT2D eigenvalue weighted by Crippen LogP contribution is 2.21. The number of nitrogens with two attached hydrogens (primary N) is 1. The van der Waals surface area contributed by atoms with Gasteiger partial charge in [-0.2, -0.15) is 0 Å². The van der Waals surface area contributed by atoms with Gasteiger partial charge in [-0.3, -0.25) is 9.59 Å². The molecule has 3 heterocycles. The van der Waals surface area contributed by atoms with Crippen molar-refractivity contribution in [1.29, 1.82) is 0 Å². The second-order valence-corrected chi connectivity index (χ2v) is 9.71. The number of aromatic nitrogens is 4. The Bertz CT molecular complexity index is 1530. The van der Waals surface area contributed by atoms with E-state index in [1.54, 1.807) is 73.5 Å². The van der Waals surface area contributed by atoms with Crippen molar-refractivity contribution in [3.63, 3.8) is 0 Å². The van der Waals surface area contributed by atoms with Crippen molar-refractivity contribution in [2.45, 2.75) is 13.0 Å². The second kappa shape index (κ2) is 12.3. The predicted octanol–water partition coefficient (Wildman–Crippen LogP) is 3.06. The van der Waals surface area contributed by atoms with Gasteiger partial charge in [0.05, 0.1) is 24.8 Å². The van der Waals surface area contributed by atoms with Crippen molar-refractivity contribution in [2.75, 3.05) is 38.4 Å². The van der Waals surface area contributed by atoms with Crippen LogP contribution in [-0.2, 0) is 20.6 Å². The smallest absolute Gasteiger partial charge is 0.273 e. The Labute approximate surface area is 233 Å². The molecule has 4 aromatic rings. The molecule has 0 aliphatic carbocycles. The number of carbonyl (C=O) groups excluding carboxylic acids is 2. The highest BCUT2D eigenvalue weighted by atomic mass is 16.5. The van der Waals surface area contributed by atoms with Gasteiger partial charge in [0, 0.05) is 44.8 Å². The summed E-state index contributed by atoms with van der Waals surface area (Å²) in [6.07, 6.45) is 7.86. The monoisotopic (exact) mass is 545 g/mol. The molecule has 0 aliphatic heterocycles. The van der Waals surface area contributed by atoms with E-state index < -0.39 is 0 Å². The summed E-state index contributed by atoms with van der Waals surface area (Å²) in [6.45, 7) is 1.77. The van der Waals surface area contributed by atoms with Crippen LogP contribution in [0.4, 0.5) is 17.2 Å². The number of anilines is 2. The fourth-order valence-corrected chi connectivity index (χ4v) is 4.17. The number of aryl methyl sites for hydroxylation is 3. The third-order valence-electron chi connectivity index (χ3n) is 6.23. The van der Waals surface area contributed by atoms with Crippen LogP contribution in [0.2, 0.25) is 0 Å². The number of carbonyl (C=O) groups is 2. The minimum Gasteiger partial charge on any atom is -0.497 e. The fraction of sp³-hybridized carbons (Fsp3) is 0.286. The topological polar surface area (TPSA) is 137 Å². The Morgan fingerprint density at radius 3 is 2.50 bits per heavy atom. The van der Waals surface area contributed by atoms with Crippen LogP contribution >= 0.6 is 0 Å². The lowest BCUT2D eigenvalue weighted by atomic mass is 10.2. The van der Waals surface area contributed by atoms with Crippen LogP contribution in [0.3, 0.4) is 0 Å². The molecule has 2 amide bonds. The van der Waals surface area contributed by atoms with Gasteiger partial charge in [0.25, 0.3) is 11.8 Å². The number of amidine groups is 1. The van der Waals surface area contributed by atoms with E-state index >= 15 is 0 Å². The number of methoxy groups -OCH3 is 1. The lowest BCUT2D eigenvalue weighted by Gasteiger charge is -2.08. The van der Waals surface area contributed by atoms with Crippen molar-refractivity contribution < 1.29 is 14.3 Å². The van der Waals surface area contributed by atoms with Gasteiger partial charge in [-0.25, -0.2) is 9.98 Å². The van der Waals surface area contributed by atoms with E-state index in [0.717, 1.165) is 19.5 Å². The van der Waals surface area contributed by atoms with E-state index in [1.165, 1.54) is 0 Å². The summed E-state index contributed by atoms with van der Waals surface area (Å²) < 4.78 is 10.5. The molecule has 0 spiro atoms. The van der Waals surface area contributed by atoms with Crippen molar-refractivity contribution in [3.05, 3.63) is 78.3 Å². The van der Waals surface area contributed by atoms with Crippen LogP contribution < -0.4 is 21.1 Å². The number of amides is 2. The molecule has 0 fully saturated rings. The highest BCUT2D eigenvalue weighted by Gasteiger charge is 2.17. The number of hydrogen-bond donors (Lipinski definition) is 3. The van der Waals surface area contributed by atoms with E-state index in [0.29, 0.717) is 45.7 Å². The number of aliphatic imine (C=N–C) groups is 1. The molecule has 4 rings (SSSR count). The Morgan fingerprint density at radius 2 is 1.75 bits per heavy atom. The summed E-state index contributed by atoms with van der Waals surface area (Å²) in [7, 11) is 9.13. The average Bonchev–Trinajstić information content (AvgIpc) is 3.62. The first-order valence-corrected chi connectivity index (χ1v) is 12.7. The second-order valence-electron chi connectivity index (χ2n) is 9.71. The summed E-state index contributed by atoms with van der Waals surface area (Å²) in [5.74, 6) is 0.758. The Morgan fingerprint density at radius 1 is 1.02 bits per heavy atom. The predicted molar refractivity (Wildman–Crippen MR) is 156 cm³/mol. The number of nitrogens with one attached hydrogen (secondary N) is 2. The normalized spacial score (nSPS) is 11.6. The van der Waals surface area contributed by atoms with E-state index in [1.807, 2.05) is 36.9 Å². The molecule has 0 atom stereocenters. The molecule has 4 N–H and O–H groups in total. The third kappa shape index (κ3) is 6.97. The Balaban J connectivity index is 1.40. The first-order chi connectivity index (χ1) is 19.1. The van der Waals surface area contributed by atoms with Gasteiger partial charge in [0.2, 0.25) is 0 Å². The largest absolute Gasteiger partial charge is 0.497 e. The zero-order chi connectivity index (χ0) is 28.8. The Hall–Kier alpha value is -4.84. The highest BCUT2D eigenvalue weighted by molar-refractivity contribution is 6.07. The standard InChI is InChI=1S/C28H35N9O3/c1-34(2)10-7-11-37-17-25(30-18-37)33-28(39)24-14-21(16-36(24)4)32-27(38)23-13-20(15-35(23)3)31-26(29)19-8-6-9-22(12-19)40-5/h6,8-9,12-18H,7,10-11H2,1-5H3,(H2,29,31)(H,32,38)(H,33,39). The molecule has 0 saturated heterocycles. The number of hydrogen-bond acceptors (Lipinski definition) is 6. The number of nitrogens with zero attached hydrogens (tertiary/aromatic N) is 6. The van der Waals surface area contributed by atoms with E-state index in [2.05, 4.69) is 25.5 Å². The third-order valence-corrected chi connectivity index (χ3v) is 6.23. The van der Waals surface area contributed by atoms with Gasteiger partial charge in [-0.05, 0) is 51.3 Å². The number of rotatable bonds is 11. The van der Waals surface area contributed by atoms with Gasteiger partial charge in [0.15, 0.2) is 5.82 Å². The van der Waals surface area contributed by atoms with Gasteiger partial charge >= 0.3 is 0 Å². The maximum Gasteiger partial charge on any atom is 0.273 e. The quantitative estimate of drug-likeness (QED) is 0.196. The fourth-order valence-electron chi connectivity index (χ4n) is 4.17. The van der Waals surface area contributed by atoms with Crippen LogP contribution in [0.5, 0.6) is 5.75 Å². The van der Waals surface area contributed by atoms with Crippen molar-refractivity contribution >= 4 is 34.8 Å². The van der Waals surface area contributed by atoms with Crippen LogP contribution in [0.15, 0.2) is 66.3 Å². The molecule has 0 aliphatic rings. The molecule has 0 saturated carbocycles. The van der Waals surface area contributed by atoms with Gasteiger partial charge < -0.3 is 39.7 Å². The SMILES string of the molecule is COc1cccc(C(N)=Nc2cc(C(=O)Nc3cc(C(=O)Nc4cn(CCCN(C)C)cn4)n(C)c3)n(C)c2)c1. The molecular weight excluding hydrogens is 510 g/mol. The van der Waals surface area contributed by atoms with Gasteiger partial charge in [-0.1, -0.05) is 12.1 Å². The number of imidazole rings is 1. The molecular formula is C28H35N9O3. The van der Waals surface area contributed by atoms with Crippen molar-refractivity contribution in [3.8, 4) is 5.75 Å². The summed E-state index contributed by atoms with van der Waals surface area (Å²) in [5, 5.41) is 5.66. The maximum atomic E-state index is 13.0. The van der Waals surface area contributed by atoms with Crippen LogP contribution in [0.25, 0.3) is 0 Å². The molecule has 0 bridgehead atoms. The molecule has 12 heteroatoms. The average molecular weight is 546 g/mol. The van der Waals surface area contributed by atoms with Crippen LogP contribution in [-0.4, -0.2) is 69.0 Å². The van der Waals surface area contributed by atoms with E-state index in [-0.39, 0.29) is 11.8 Å². The van der Waals surface area contributed by atoms with Gasteiger partial charge in [0.1, 0.15) is 23.0 Å². The zero-order valence-electron chi connectivity index (χ0n) is 23.4. The molecule has 1 aromatic carbocycles. The first-order valence-electron chi connectivity index (χ1n) is 12.7. The minimum absolute atomic E-state index is 0.300. The summed E-state index contributed by atoms with van der Waals surface area (Å²) >= 11 is 0. The van der Waals surface area contributed by atoms with E-state index in [4.69, 9.17) is 10.5 Å². The lowest BCUT2D eigenvalue weighted by Crippen LogP contribution is -2.16. The number of ether oxygens (including phenoxy) is 1. The lowest BCUT2D eigenvalue weighted by molar-refractivity contribution is 0.101. The maximum absolute atomic E-state index is 13.0. The summed E-state index contributed by atoms with van der Waals surface area (Å²) in [5.41, 5.74) is 8.66. The van der Waals surface area contributed by atoms with Crippen LogP contribution in [0, 0.1) is 0 Å². The minimum atomic E-state index is -0.349. The van der Waals surface area contributed by atoms with Crippen LogP contribution in [0.1, 0.15) is 33.0 Å². The molecule has 0 radical (unpaired) electrons. The van der Waals surface area contributed by atoms with E-state index in [9.17, 15) is 9.59 Å². The molecule has 0 unspecified atom stereocenters. The van der Waals surface area contributed by atoms with Crippen molar-refractivity contribution in [2.24, 2.45) is 24.8 Å². The first kappa shape index (κ1) is 28.2. The van der Waals surface area contributed by atoms with Crippen molar-refractivity contribution in [1.82, 2.24) is 23.6 Å². The number of benzene rings is 1. The summed E-state index contributed by atoms with van der Waals surface area (Å²) in [4.78, 5) is 36.8. The Kier molecular flexibility index (Phi) is 8.70.